The summed E-state index contributed by atoms with van der Waals surface area (Å²) in [4.78, 5) is 13.4. The molecule has 2 heterocycles. The van der Waals surface area contributed by atoms with Crippen LogP contribution in [0.2, 0.25) is 0 Å². The van der Waals surface area contributed by atoms with Crippen molar-refractivity contribution in [3.05, 3.63) is 158 Å². The standard InChI is InChI=1S/C86H143NO13/c1-3-5-7-9-11-13-15-17-19-21-23-25-27-29-31-32-33-34-35-36-37-38-39-40-41-42-44-46-48-50-52-54-56-58-60-62-64-66-68-70-78(91)87-74(73-97-85-83(96)81(94)84(77(72-89)99-85)100-86-82(95)80(93)79(92)76(71-88)98-86)75(90)69-67-65-63-61-59-57-55-53-51-49-47-45-43-30-28-26-24-22-20-18-16-14-12-10-8-6-4-2/h5,7,11,13,17,19,23,25,29,31,33-34,36-37,39-40,42,44,48,50,54,56,59,61,67,69,74-77,79-86,88-90,92-96H,3-4,6,8-10,12,14-16,18,20-22,24,26-28,30,32,35,38,41,43,45-47,49,51-53,55,57-58,60,62-66,68,70-73H2,1-2H3,(H,87,91)/b7-5-,13-11-,19-17-,25-23-,31-29-,34-33-,37-36-,40-39-,44-42-,50-48-,56-54-,61-59+,69-67+. The van der Waals surface area contributed by atoms with Crippen molar-refractivity contribution in [1.29, 1.82) is 0 Å². The quantitative estimate of drug-likeness (QED) is 0.0204. The van der Waals surface area contributed by atoms with Crippen LogP contribution < -0.4 is 5.32 Å². The van der Waals surface area contributed by atoms with Gasteiger partial charge in [-0.3, -0.25) is 4.79 Å². The number of allylic oxidation sites excluding steroid dienone is 25. The summed E-state index contributed by atoms with van der Waals surface area (Å²) in [6.45, 7) is 2.67. The number of rotatable bonds is 64. The van der Waals surface area contributed by atoms with E-state index in [1.54, 1.807) is 6.08 Å². The average molecular weight is 1400 g/mol. The molecule has 2 rings (SSSR count). The van der Waals surface area contributed by atoms with Gasteiger partial charge in [0.05, 0.1) is 32.0 Å². The van der Waals surface area contributed by atoms with Crippen molar-refractivity contribution in [2.75, 3.05) is 19.8 Å². The number of ether oxygens (including phenoxy) is 4. The second-order valence-corrected chi connectivity index (χ2v) is 27.1. The molecule has 2 saturated heterocycles. The van der Waals surface area contributed by atoms with Gasteiger partial charge >= 0.3 is 0 Å². The molecule has 14 nitrogen and oxygen atoms in total. The summed E-state index contributed by atoms with van der Waals surface area (Å²) < 4.78 is 22.9. The zero-order valence-electron chi connectivity index (χ0n) is 62.4. The van der Waals surface area contributed by atoms with Crippen LogP contribution in [0.3, 0.4) is 0 Å². The van der Waals surface area contributed by atoms with E-state index in [4.69, 9.17) is 18.9 Å². The molecular weight excluding hydrogens is 1250 g/mol. The van der Waals surface area contributed by atoms with Crippen LogP contribution in [0, 0.1) is 0 Å². The van der Waals surface area contributed by atoms with Crippen molar-refractivity contribution in [2.24, 2.45) is 0 Å². The van der Waals surface area contributed by atoms with Crippen LogP contribution in [0.15, 0.2) is 158 Å². The topological polar surface area (TPSA) is 228 Å². The highest BCUT2D eigenvalue weighted by Crippen LogP contribution is 2.30. The van der Waals surface area contributed by atoms with Gasteiger partial charge in [-0.05, 0) is 116 Å². The van der Waals surface area contributed by atoms with E-state index in [2.05, 4.69) is 165 Å². The van der Waals surface area contributed by atoms with E-state index < -0.39 is 86.8 Å². The van der Waals surface area contributed by atoms with E-state index in [0.29, 0.717) is 12.8 Å². The molecule has 2 aliphatic rings. The Bertz CT molecular complexity index is 2290. The summed E-state index contributed by atoms with van der Waals surface area (Å²) in [5.74, 6) is -0.272. The fourth-order valence-electron chi connectivity index (χ4n) is 12.0. The maximum Gasteiger partial charge on any atom is 0.220 e. The molecule has 0 saturated carbocycles. The van der Waals surface area contributed by atoms with Crippen molar-refractivity contribution in [1.82, 2.24) is 5.32 Å². The lowest BCUT2D eigenvalue weighted by atomic mass is 9.97. The Morgan fingerprint density at radius 3 is 1.10 bits per heavy atom. The van der Waals surface area contributed by atoms with Gasteiger partial charge in [-0.1, -0.05) is 320 Å². The van der Waals surface area contributed by atoms with Crippen molar-refractivity contribution in [3.63, 3.8) is 0 Å². The van der Waals surface area contributed by atoms with E-state index in [0.717, 1.165) is 116 Å². The summed E-state index contributed by atoms with van der Waals surface area (Å²) in [6, 6.07) is -0.956. The molecule has 14 heteroatoms. The van der Waals surface area contributed by atoms with Gasteiger partial charge in [-0.2, -0.15) is 0 Å². The second-order valence-electron chi connectivity index (χ2n) is 27.1. The van der Waals surface area contributed by atoms with Crippen LogP contribution in [0.25, 0.3) is 0 Å². The van der Waals surface area contributed by atoms with Crippen LogP contribution >= 0.6 is 0 Å². The van der Waals surface area contributed by atoms with E-state index >= 15 is 0 Å². The van der Waals surface area contributed by atoms with E-state index in [-0.39, 0.29) is 18.9 Å². The molecule has 1 amide bonds. The zero-order valence-corrected chi connectivity index (χ0v) is 62.4. The van der Waals surface area contributed by atoms with Crippen molar-refractivity contribution >= 4 is 5.91 Å². The maximum atomic E-state index is 13.4. The third kappa shape index (κ3) is 50.1. The molecule has 9 N–H and O–H groups in total. The van der Waals surface area contributed by atoms with Crippen LogP contribution in [-0.2, 0) is 23.7 Å². The molecule has 0 bridgehead atoms. The lowest BCUT2D eigenvalue weighted by Crippen LogP contribution is -2.65. The van der Waals surface area contributed by atoms with E-state index in [1.165, 1.54) is 135 Å². The van der Waals surface area contributed by atoms with Crippen LogP contribution in [0.4, 0.5) is 0 Å². The summed E-state index contributed by atoms with van der Waals surface area (Å²) >= 11 is 0. The van der Waals surface area contributed by atoms with E-state index in [1.807, 2.05) is 6.08 Å². The first-order valence-corrected chi connectivity index (χ1v) is 39.7. The Labute approximate surface area is 607 Å². The van der Waals surface area contributed by atoms with Crippen molar-refractivity contribution < 1.29 is 64.6 Å². The minimum Gasteiger partial charge on any atom is -0.394 e. The summed E-state index contributed by atoms with van der Waals surface area (Å²) in [6.07, 6.45) is 87.4. The number of hydrogen-bond acceptors (Lipinski definition) is 13. The molecule has 570 valence electrons. The fourth-order valence-corrected chi connectivity index (χ4v) is 12.0. The lowest BCUT2D eigenvalue weighted by molar-refractivity contribution is -0.359. The number of carbonyl (C=O) groups is 1. The minimum absolute atomic E-state index is 0.241. The SMILES string of the molecule is CC/C=C\C/C=C\C/C=C\C/C=C\C/C=C\C/C=C\C/C=C\C/C=C\C/C=C\C/C=C\C/C=C\CCCCCCCC(=O)NC(COC1OC(CO)C(OC2OC(CO)C(O)C(O)C2O)C(O)C1O)C(O)/C=C/CC/C=C/CCCCCCCCCCCCCCCCCCCCCCC. The molecule has 0 aromatic carbocycles. The van der Waals surface area contributed by atoms with Gasteiger partial charge in [-0.15, -0.1) is 0 Å². The number of carbonyl (C=O) groups excluding carboxylic acids is 1. The smallest absolute Gasteiger partial charge is 0.220 e. The number of unbranched alkanes of at least 4 members (excludes halogenated alkanes) is 27. The van der Waals surface area contributed by atoms with Gasteiger partial charge in [0.1, 0.15) is 48.8 Å². The highest BCUT2D eigenvalue weighted by atomic mass is 16.7. The second kappa shape index (κ2) is 67.8. The molecule has 0 aliphatic carbocycles. The molecule has 0 spiro atoms. The first kappa shape index (κ1) is 91.7. The normalized spacial score (nSPS) is 22.7. The first-order valence-electron chi connectivity index (χ1n) is 39.7. The van der Waals surface area contributed by atoms with Gasteiger partial charge in [0.2, 0.25) is 5.91 Å². The molecule has 0 aromatic rings. The summed E-state index contributed by atoms with van der Waals surface area (Å²) in [5, 5.41) is 87.6. The molecule has 100 heavy (non-hydrogen) atoms. The lowest BCUT2D eigenvalue weighted by Gasteiger charge is -2.46. The Kier molecular flexibility index (Phi) is 62.1. The van der Waals surface area contributed by atoms with Gasteiger partial charge in [0.25, 0.3) is 0 Å². The number of hydrogen-bond donors (Lipinski definition) is 9. The third-order valence-corrected chi connectivity index (χ3v) is 18.2. The molecule has 2 fully saturated rings. The molecule has 12 atom stereocenters. The summed E-state index contributed by atoms with van der Waals surface area (Å²) in [7, 11) is 0. The predicted molar refractivity (Wildman–Crippen MR) is 414 cm³/mol. The third-order valence-electron chi connectivity index (χ3n) is 18.2. The Morgan fingerprint density at radius 1 is 0.370 bits per heavy atom. The molecule has 0 radical (unpaired) electrons. The van der Waals surface area contributed by atoms with Gasteiger partial charge in [0, 0.05) is 6.42 Å². The van der Waals surface area contributed by atoms with Gasteiger partial charge in [0.15, 0.2) is 12.6 Å². The summed E-state index contributed by atoms with van der Waals surface area (Å²) in [5.41, 5.74) is 0. The maximum absolute atomic E-state index is 13.4. The Hall–Kier alpha value is -4.39. The Morgan fingerprint density at radius 2 is 0.700 bits per heavy atom. The van der Waals surface area contributed by atoms with Gasteiger partial charge < -0.3 is 65.1 Å². The predicted octanol–water partition coefficient (Wildman–Crippen LogP) is 18.1. The van der Waals surface area contributed by atoms with Crippen LogP contribution in [0.5, 0.6) is 0 Å². The fraction of sp³-hybridized carbons (Fsp3) is 0.686. The molecular formula is C86H143NO13. The molecule has 2 aliphatic heterocycles. The number of aliphatic hydroxyl groups excluding tert-OH is 8. The van der Waals surface area contributed by atoms with Crippen molar-refractivity contribution in [2.45, 2.75) is 357 Å². The average Bonchev–Trinajstić information content (AvgIpc) is 0.796. The van der Waals surface area contributed by atoms with Gasteiger partial charge in [-0.25, -0.2) is 0 Å². The number of amides is 1. The number of nitrogens with one attached hydrogen (secondary N) is 1. The van der Waals surface area contributed by atoms with Crippen LogP contribution in [0.1, 0.15) is 284 Å². The number of aliphatic hydroxyl groups is 8. The van der Waals surface area contributed by atoms with E-state index in [9.17, 15) is 45.6 Å². The van der Waals surface area contributed by atoms with Crippen molar-refractivity contribution in [3.8, 4) is 0 Å². The minimum atomic E-state index is -1.80. The monoisotopic (exact) mass is 1400 g/mol. The Balaban J connectivity index is 1.67. The zero-order chi connectivity index (χ0) is 72.2. The molecule has 12 unspecified atom stereocenters. The highest BCUT2D eigenvalue weighted by Gasteiger charge is 2.51. The highest BCUT2D eigenvalue weighted by molar-refractivity contribution is 5.76. The first-order chi connectivity index (χ1) is 49.1. The largest absolute Gasteiger partial charge is 0.394 e. The molecule has 0 aromatic heterocycles. The van der Waals surface area contributed by atoms with Crippen LogP contribution in [-0.4, -0.2) is 140 Å².